The van der Waals surface area contributed by atoms with Crippen LogP contribution >= 0.6 is 34.9 Å². The van der Waals surface area contributed by atoms with Crippen LogP contribution in [0.3, 0.4) is 0 Å². The summed E-state index contributed by atoms with van der Waals surface area (Å²) >= 11 is 4.03. The molecule has 2 N–H and O–H groups in total. The number of hydrogen-bond donors (Lipinski definition) is 2. The molecule has 2 amide bonds. The number of carbonyl (C=O) groups excluding carboxylic acids is 2. The Hall–Kier alpha value is -2.16. The van der Waals surface area contributed by atoms with Gasteiger partial charge in [0.05, 0.1) is 21.2 Å². The van der Waals surface area contributed by atoms with Crippen molar-refractivity contribution in [2.75, 3.05) is 17.3 Å². The average Bonchev–Trinajstić information content (AvgIpc) is 3.41. The fourth-order valence-electron chi connectivity index (χ4n) is 3.15. The van der Waals surface area contributed by atoms with Gasteiger partial charge in [0.25, 0.3) is 5.91 Å². The minimum Gasteiger partial charge on any atom is -0.477 e. The number of carboxylic acids is 1. The van der Waals surface area contributed by atoms with Gasteiger partial charge >= 0.3 is 5.97 Å². The van der Waals surface area contributed by atoms with E-state index in [1.807, 2.05) is 0 Å². The monoisotopic (exact) mass is 499 g/mol. The molecular weight excluding hydrogens is 482 g/mol. The van der Waals surface area contributed by atoms with Gasteiger partial charge in [-0.1, -0.05) is 17.8 Å². The van der Waals surface area contributed by atoms with E-state index in [1.165, 1.54) is 44.6 Å². The van der Waals surface area contributed by atoms with Gasteiger partial charge in [-0.25, -0.2) is 4.79 Å². The van der Waals surface area contributed by atoms with Crippen LogP contribution in [0.4, 0.5) is 0 Å². The van der Waals surface area contributed by atoms with Crippen LogP contribution < -0.4 is 5.32 Å². The van der Waals surface area contributed by atoms with E-state index < -0.39 is 40.0 Å². The first-order valence-corrected chi connectivity index (χ1v) is 13.2. The third-order valence-electron chi connectivity index (χ3n) is 4.52. The number of aliphatic carboxylic acids is 1. The summed E-state index contributed by atoms with van der Waals surface area (Å²) < 4.78 is 12.8. The summed E-state index contributed by atoms with van der Waals surface area (Å²) in [5, 5.41) is 22.4. The number of hydrogen-bond acceptors (Lipinski definition) is 9. The van der Waals surface area contributed by atoms with Gasteiger partial charge < -0.3 is 10.4 Å². The molecule has 3 atom stereocenters. The highest BCUT2D eigenvalue weighted by Crippen LogP contribution is 2.41. The van der Waals surface area contributed by atoms with Gasteiger partial charge in [0.15, 0.2) is 0 Å². The summed E-state index contributed by atoms with van der Waals surface area (Å²) in [5.41, 5.74) is 0.569. The van der Waals surface area contributed by atoms with Gasteiger partial charge in [-0.05, 0) is 17.0 Å². The molecule has 2 aromatic rings. The molecule has 2 aliphatic rings. The molecule has 4 rings (SSSR count). The number of aryl methyl sites for hydroxylation is 1. The Morgan fingerprint density at radius 2 is 2.26 bits per heavy atom. The summed E-state index contributed by atoms with van der Waals surface area (Å²) in [6.45, 7) is 0. The van der Waals surface area contributed by atoms with E-state index in [9.17, 15) is 23.7 Å². The second kappa shape index (κ2) is 9.14. The van der Waals surface area contributed by atoms with Crippen molar-refractivity contribution in [1.29, 1.82) is 0 Å². The predicted molar refractivity (Wildman–Crippen MR) is 117 cm³/mol. The molecule has 14 heteroatoms. The fraction of sp³-hybridized carbons (Fsp3) is 0.353. The number of nitrogens with one attached hydrogen (secondary N) is 1. The summed E-state index contributed by atoms with van der Waals surface area (Å²) in [6, 6.07) is 2.61. The van der Waals surface area contributed by atoms with Gasteiger partial charge in [0.1, 0.15) is 27.9 Å². The number of thiophene rings is 1. The Morgan fingerprint density at radius 3 is 2.90 bits per heavy atom. The number of aromatic nitrogens is 3. The summed E-state index contributed by atoms with van der Waals surface area (Å²) in [7, 11) is 0.210. The van der Waals surface area contributed by atoms with E-state index in [1.54, 1.807) is 30.8 Å². The smallest absolute Gasteiger partial charge is 0.352 e. The van der Waals surface area contributed by atoms with Crippen molar-refractivity contribution in [3.8, 4) is 0 Å². The van der Waals surface area contributed by atoms with Crippen molar-refractivity contribution in [3.05, 3.63) is 35.0 Å². The maximum Gasteiger partial charge on any atom is 0.352 e. The van der Waals surface area contributed by atoms with E-state index >= 15 is 0 Å². The number of nitrogens with zero attached hydrogens (tertiary/aromatic N) is 4. The number of amides is 2. The summed E-state index contributed by atoms with van der Waals surface area (Å²) in [5.74, 6) is -1.64. The van der Waals surface area contributed by atoms with E-state index in [-0.39, 0.29) is 11.4 Å². The van der Waals surface area contributed by atoms with Crippen molar-refractivity contribution >= 4 is 63.4 Å². The minimum atomic E-state index is -1.48. The van der Waals surface area contributed by atoms with Crippen molar-refractivity contribution in [1.82, 2.24) is 25.2 Å². The molecule has 2 aromatic heterocycles. The second-order valence-corrected chi connectivity index (χ2v) is 11.3. The van der Waals surface area contributed by atoms with Crippen LogP contribution in [-0.4, -0.2) is 75.7 Å². The van der Waals surface area contributed by atoms with Crippen LogP contribution in [0.2, 0.25) is 0 Å². The normalized spacial score (nSPS) is 21.5. The molecule has 1 saturated heterocycles. The molecule has 31 heavy (non-hydrogen) atoms. The van der Waals surface area contributed by atoms with Crippen molar-refractivity contribution < 1.29 is 23.7 Å². The highest BCUT2D eigenvalue weighted by atomic mass is 32.2. The van der Waals surface area contributed by atoms with Crippen LogP contribution in [0.5, 0.6) is 0 Å². The van der Waals surface area contributed by atoms with Crippen molar-refractivity contribution in [2.24, 2.45) is 7.05 Å². The fourth-order valence-corrected chi connectivity index (χ4v) is 7.40. The van der Waals surface area contributed by atoms with Gasteiger partial charge in [-0.3, -0.25) is 18.7 Å². The lowest BCUT2D eigenvalue weighted by Gasteiger charge is -2.49. The molecule has 0 aliphatic carbocycles. The molecule has 1 fully saturated rings. The number of rotatable bonds is 8. The highest BCUT2D eigenvalue weighted by molar-refractivity contribution is 8.01. The maximum atomic E-state index is 12.7. The zero-order valence-corrected chi connectivity index (χ0v) is 19.4. The molecule has 0 aromatic carbocycles. The molecule has 0 spiro atoms. The molecule has 0 radical (unpaired) electrons. The molecule has 2 aliphatic heterocycles. The number of thioether (sulfide) groups is 2. The second-order valence-electron chi connectivity index (χ2n) is 6.60. The van der Waals surface area contributed by atoms with E-state index in [4.69, 9.17) is 0 Å². The molecule has 2 unspecified atom stereocenters. The summed E-state index contributed by atoms with van der Waals surface area (Å²) in [6.07, 6.45) is 1.59. The third kappa shape index (κ3) is 4.56. The zero-order chi connectivity index (χ0) is 22.1. The Labute approximate surface area is 191 Å². The first-order valence-electron chi connectivity index (χ1n) is 8.95. The Bertz CT molecular complexity index is 1080. The number of β-lactam (4-membered cyclic amide) rings is 1. The Morgan fingerprint density at radius 1 is 1.45 bits per heavy atom. The van der Waals surface area contributed by atoms with Gasteiger partial charge in [-0.2, -0.15) is 9.90 Å². The SMILES string of the molecule is Cn1ncc(SCC2=C(C(=O)O)N3C(=O)C(NC(=O)CS(=O)c4cccs4)[C@@H]3SC2)n1. The Balaban J connectivity index is 1.41. The average molecular weight is 500 g/mol. The van der Waals surface area contributed by atoms with Crippen LogP contribution in [0, 0.1) is 0 Å². The van der Waals surface area contributed by atoms with Crippen LogP contribution in [-0.2, 0) is 32.2 Å². The number of fused-ring (bicyclic) bond motifs is 1. The lowest BCUT2D eigenvalue weighted by Crippen LogP contribution is -2.70. The van der Waals surface area contributed by atoms with Crippen LogP contribution in [0.15, 0.2) is 44.2 Å². The lowest BCUT2D eigenvalue weighted by molar-refractivity contribution is -0.150. The molecule has 4 heterocycles. The van der Waals surface area contributed by atoms with Crippen LogP contribution in [0.1, 0.15) is 0 Å². The first kappa shape index (κ1) is 22.0. The van der Waals surface area contributed by atoms with Crippen molar-refractivity contribution in [2.45, 2.75) is 20.7 Å². The molecule has 10 nitrogen and oxygen atoms in total. The van der Waals surface area contributed by atoms with E-state index in [0.717, 1.165) is 0 Å². The lowest BCUT2D eigenvalue weighted by atomic mass is 10.0. The number of carboxylic acid groups (broad SMARTS) is 1. The van der Waals surface area contributed by atoms with Crippen LogP contribution in [0.25, 0.3) is 0 Å². The highest BCUT2D eigenvalue weighted by Gasteiger charge is 2.54. The van der Waals surface area contributed by atoms with Gasteiger partial charge in [0, 0.05) is 18.6 Å². The van der Waals surface area contributed by atoms with Crippen molar-refractivity contribution in [3.63, 3.8) is 0 Å². The Kier molecular flexibility index (Phi) is 6.50. The maximum absolute atomic E-state index is 12.7. The quantitative estimate of drug-likeness (QED) is 0.394. The zero-order valence-electron chi connectivity index (χ0n) is 16.1. The molecule has 164 valence electrons. The van der Waals surface area contributed by atoms with E-state index in [0.29, 0.717) is 26.3 Å². The molecular formula is C17H17N5O5S4. The first-order chi connectivity index (χ1) is 14.8. The standard InChI is InChI=1S/C17H17N5O5S4/c1-21-18-5-11(20-21)29-6-9-7-30-16-13(15(24)22(16)14(9)17(25)26)19-10(23)8-31(27)12-3-2-4-28-12/h2-5,13,16H,6-8H2,1H3,(H,19,23)(H,25,26)/t13?,16-,31?/m0/s1. The minimum absolute atomic E-state index is 0.0437. The predicted octanol–water partition coefficient (Wildman–Crippen LogP) is 0.515. The topological polar surface area (TPSA) is 134 Å². The van der Waals surface area contributed by atoms with Gasteiger partial charge in [-0.15, -0.1) is 28.2 Å². The van der Waals surface area contributed by atoms with E-state index in [2.05, 4.69) is 15.5 Å². The molecule has 0 saturated carbocycles. The largest absolute Gasteiger partial charge is 0.477 e. The third-order valence-corrected chi connectivity index (χ3v) is 9.45. The molecule has 0 bridgehead atoms. The van der Waals surface area contributed by atoms with Gasteiger partial charge in [0.2, 0.25) is 5.91 Å². The number of carbonyl (C=O) groups is 3. The summed E-state index contributed by atoms with van der Waals surface area (Å²) in [4.78, 5) is 39.5.